The van der Waals surface area contributed by atoms with E-state index in [-0.39, 0.29) is 0 Å². The molecule has 0 aliphatic rings. The molecule has 0 amide bonds. The summed E-state index contributed by atoms with van der Waals surface area (Å²) in [6, 6.07) is 12.6. The van der Waals surface area contributed by atoms with Crippen molar-refractivity contribution < 1.29 is 9.53 Å². The van der Waals surface area contributed by atoms with Crippen LogP contribution in [0.15, 0.2) is 42.5 Å². The van der Waals surface area contributed by atoms with Gasteiger partial charge in [0.05, 0.1) is 12.7 Å². The fourth-order valence-electron chi connectivity index (χ4n) is 1.71. The summed E-state index contributed by atoms with van der Waals surface area (Å²) in [6.45, 7) is 0. The Morgan fingerprint density at radius 3 is 2.61 bits per heavy atom. The van der Waals surface area contributed by atoms with Crippen molar-refractivity contribution in [3.8, 4) is 11.1 Å². The number of benzene rings is 2. The van der Waals surface area contributed by atoms with Crippen LogP contribution in [-0.2, 0) is 4.74 Å². The molecule has 2 rings (SSSR count). The number of rotatable bonds is 2. The molecule has 0 unspecified atom stereocenters. The number of ether oxygens (including phenoxy) is 1. The molecule has 0 aliphatic carbocycles. The number of esters is 1. The SMILES string of the molecule is COC(=O)c1cc(-c2ccccc2Cl)ccc1N. The molecule has 0 radical (unpaired) electrons. The first-order valence-corrected chi connectivity index (χ1v) is 5.74. The van der Waals surface area contributed by atoms with Crippen molar-refractivity contribution in [2.45, 2.75) is 0 Å². The number of anilines is 1. The van der Waals surface area contributed by atoms with E-state index < -0.39 is 5.97 Å². The molecule has 2 aromatic rings. The second-order valence-corrected chi connectivity index (χ2v) is 4.18. The highest BCUT2D eigenvalue weighted by Gasteiger charge is 2.12. The Kier molecular flexibility index (Phi) is 3.53. The zero-order valence-electron chi connectivity index (χ0n) is 9.81. The normalized spacial score (nSPS) is 10.1. The molecule has 0 heterocycles. The molecule has 0 saturated heterocycles. The molecule has 0 saturated carbocycles. The fraction of sp³-hybridized carbons (Fsp3) is 0.0714. The third-order valence-electron chi connectivity index (χ3n) is 2.64. The lowest BCUT2D eigenvalue weighted by Gasteiger charge is -2.08. The third-order valence-corrected chi connectivity index (χ3v) is 2.97. The smallest absolute Gasteiger partial charge is 0.339 e. The van der Waals surface area contributed by atoms with Crippen LogP contribution in [0.5, 0.6) is 0 Å². The number of nitrogens with two attached hydrogens (primary N) is 1. The fourth-order valence-corrected chi connectivity index (χ4v) is 1.95. The Balaban J connectivity index is 2.54. The van der Waals surface area contributed by atoms with Gasteiger partial charge < -0.3 is 10.5 Å². The highest BCUT2D eigenvalue weighted by atomic mass is 35.5. The molecule has 0 aliphatic heterocycles. The minimum atomic E-state index is -0.457. The van der Waals surface area contributed by atoms with Gasteiger partial charge in [0.15, 0.2) is 0 Å². The molecular formula is C14H12ClNO2. The lowest BCUT2D eigenvalue weighted by atomic mass is 10.0. The van der Waals surface area contributed by atoms with Crippen molar-refractivity contribution in [2.24, 2.45) is 0 Å². The van der Waals surface area contributed by atoms with E-state index in [1.165, 1.54) is 7.11 Å². The monoisotopic (exact) mass is 261 g/mol. The largest absolute Gasteiger partial charge is 0.465 e. The van der Waals surface area contributed by atoms with Crippen molar-refractivity contribution in [1.82, 2.24) is 0 Å². The lowest BCUT2D eigenvalue weighted by Crippen LogP contribution is -2.05. The first-order valence-electron chi connectivity index (χ1n) is 5.36. The van der Waals surface area contributed by atoms with E-state index >= 15 is 0 Å². The minimum absolute atomic E-state index is 0.343. The molecule has 4 heteroatoms. The summed E-state index contributed by atoms with van der Waals surface area (Å²) in [6.07, 6.45) is 0. The zero-order chi connectivity index (χ0) is 13.1. The van der Waals surface area contributed by atoms with Gasteiger partial charge in [-0.1, -0.05) is 35.9 Å². The summed E-state index contributed by atoms with van der Waals surface area (Å²) in [5.41, 5.74) is 8.16. The highest BCUT2D eigenvalue weighted by Crippen LogP contribution is 2.29. The Morgan fingerprint density at radius 1 is 1.22 bits per heavy atom. The van der Waals surface area contributed by atoms with Gasteiger partial charge in [-0.15, -0.1) is 0 Å². The van der Waals surface area contributed by atoms with Crippen LogP contribution in [0, 0.1) is 0 Å². The van der Waals surface area contributed by atoms with Crippen LogP contribution >= 0.6 is 11.6 Å². The maximum Gasteiger partial charge on any atom is 0.339 e. The van der Waals surface area contributed by atoms with Gasteiger partial charge in [-0.25, -0.2) is 4.79 Å². The number of nitrogen functional groups attached to an aromatic ring is 1. The summed E-state index contributed by atoms with van der Waals surface area (Å²) in [4.78, 5) is 11.6. The third kappa shape index (κ3) is 2.31. The quantitative estimate of drug-likeness (QED) is 0.666. The van der Waals surface area contributed by atoms with Gasteiger partial charge in [0.1, 0.15) is 0 Å². The van der Waals surface area contributed by atoms with Crippen LogP contribution in [0.4, 0.5) is 5.69 Å². The van der Waals surface area contributed by atoms with Gasteiger partial charge in [-0.05, 0) is 23.8 Å². The van der Waals surface area contributed by atoms with Crippen LogP contribution in [0.2, 0.25) is 5.02 Å². The molecule has 0 fully saturated rings. The number of hydrogen-bond donors (Lipinski definition) is 1. The van der Waals surface area contributed by atoms with E-state index in [0.29, 0.717) is 16.3 Å². The first kappa shape index (κ1) is 12.5. The summed E-state index contributed by atoms with van der Waals surface area (Å²) in [7, 11) is 1.32. The van der Waals surface area contributed by atoms with E-state index in [1.54, 1.807) is 18.2 Å². The number of carbonyl (C=O) groups excluding carboxylic acids is 1. The second kappa shape index (κ2) is 5.10. The Morgan fingerprint density at radius 2 is 1.94 bits per heavy atom. The van der Waals surface area contributed by atoms with E-state index in [1.807, 2.05) is 24.3 Å². The molecule has 18 heavy (non-hydrogen) atoms. The van der Waals surface area contributed by atoms with Gasteiger partial charge in [0.2, 0.25) is 0 Å². The van der Waals surface area contributed by atoms with Crippen molar-refractivity contribution in [1.29, 1.82) is 0 Å². The first-order chi connectivity index (χ1) is 8.63. The van der Waals surface area contributed by atoms with Gasteiger partial charge in [-0.3, -0.25) is 0 Å². The number of hydrogen-bond acceptors (Lipinski definition) is 3. The molecular weight excluding hydrogens is 250 g/mol. The van der Waals surface area contributed by atoms with Gasteiger partial charge in [0.25, 0.3) is 0 Å². The van der Waals surface area contributed by atoms with Crippen molar-refractivity contribution >= 4 is 23.3 Å². The standard InChI is InChI=1S/C14H12ClNO2/c1-18-14(17)11-8-9(6-7-13(11)16)10-4-2-3-5-12(10)15/h2-8H,16H2,1H3. The molecule has 2 aromatic carbocycles. The maximum absolute atomic E-state index is 11.6. The molecule has 0 spiro atoms. The molecule has 92 valence electrons. The van der Waals surface area contributed by atoms with Crippen LogP contribution in [0.25, 0.3) is 11.1 Å². The summed E-state index contributed by atoms with van der Waals surface area (Å²) < 4.78 is 4.69. The molecule has 2 N–H and O–H groups in total. The Labute approximate surface area is 110 Å². The van der Waals surface area contributed by atoms with E-state index in [2.05, 4.69) is 4.74 Å². The van der Waals surface area contributed by atoms with Crippen molar-refractivity contribution in [2.75, 3.05) is 12.8 Å². The molecule has 0 bridgehead atoms. The van der Waals surface area contributed by atoms with E-state index in [0.717, 1.165) is 11.1 Å². The predicted octanol–water partition coefficient (Wildman–Crippen LogP) is 3.38. The lowest BCUT2D eigenvalue weighted by molar-refractivity contribution is 0.0602. The van der Waals surface area contributed by atoms with E-state index in [4.69, 9.17) is 17.3 Å². The predicted molar refractivity (Wildman–Crippen MR) is 72.6 cm³/mol. The van der Waals surface area contributed by atoms with Gasteiger partial charge in [0, 0.05) is 16.3 Å². The van der Waals surface area contributed by atoms with Crippen molar-refractivity contribution in [3.63, 3.8) is 0 Å². The van der Waals surface area contributed by atoms with Gasteiger partial charge in [-0.2, -0.15) is 0 Å². The minimum Gasteiger partial charge on any atom is -0.465 e. The average Bonchev–Trinajstić information content (AvgIpc) is 2.39. The van der Waals surface area contributed by atoms with E-state index in [9.17, 15) is 4.79 Å². The van der Waals surface area contributed by atoms with Gasteiger partial charge >= 0.3 is 5.97 Å². The Bertz CT molecular complexity index is 596. The molecule has 0 aromatic heterocycles. The molecule has 3 nitrogen and oxygen atoms in total. The number of methoxy groups -OCH3 is 1. The topological polar surface area (TPSA) is 52.3 Å². The number of halogens is 1. The van der Waals surface area contributed by atoms with Crippen molar-refractivity contribution in [3.05, 3.63) is 53.1 Å². The average molecular weight is 262 g/mol. The second-order valence-electron chi connectivity index (χ2n) is 3.77. The summed E-state index contributed by atoms with van der Waals surface area (Å²) in [5, 5.41) is 0.623. The van der Waals surface area contributed by atoms with Crippen LogP contribution in [0.1, 0.15) is 10.4 Å². The Hall–Kier alpha value is -2.00. The molecule has 0 atom stereocenters. The number of carbonyl (C=O) groups is 1. The van der Waals surface area contributed by atoms with Crippen LogP contribution < -0.4 is 5.73 Å². The van der Waals surface area contributed by atoms with Crippen LogP contribution in [0.3, 0.4) is 0 Å². The summed E-state index contributed by atoms with van der Waals surface area (Å²) in [5.74, 6) is -0.457. The maximum atomic E-state index is 11.6. The van der Waals surface area contributed by atoms with Crippen LogP contribution in [-0.4, -0.2) is 13.1 Å². The zero-order valence-corrected chi connectivity index (χ0v) is 10.6. The summed E-state index contributed by atoms with van der Waals surface area (Å²) >= 11 is 6.12. The highest BCUT2D eigenvalue weighted by molar-refractivity contribution is 6.33.